The molecule has 0 bridgehead atoms. The van der Waals surface area contributed by atoms with E-state index in [2.05, 4.69) is 15.3 Å². The zero-order valence-corrected chi connectivity index (χ0v) is 19.7. The van der Waals surface area contributed by atoms with Gasteiger partial charge in [0.1, 0.15) is 16.6 Å². The highest BCUT2D eigenvalue weighted by atomic mass is 32.2. The summed E-state index contributed by atoms with van der Waals surface area (Å²) in [5.41, 5.74) is 3.31. The second-order valence-electron chi connectivity index (χ2n) is 7.85. The van der Waals surface area contributed by atoms with Crippen LogP contribution in [-0.4, -0.2) is 52.6 Å². The van der Waals surface area contributed by atoms with E-state index < -0.39 is 9.84 Å². The second-order valence-corrected chi connectivity index (χ2v) is 11.1. The van der Waals surface area contributed by atoms with Crippen molar-refractivity contribution in [1.29, 1.82) is 0 Å². The maximum atomic E-state index is 13.2. The molecule has 5 rings (SSSR count). The monoisotopic (exact) mass is 486 g/mol. The Labute approximate surface area is 195 Å². The fraction of sp³-hybridized carbons (Fsp3) is 0.318. The minimum absolute atomic E-state index is 0.141. The van der Waals surface area contributed by atoms with Crippen LogP contribution in [-0.2, 0) is 22.8 Å². The Balaban J connectivity index is 1.38. The zero-order valence-electron chi connectivity index (χ0n) is 18.0. The number of imidazole rings is 1. The molecule has 4 aromatic rings. The van der Waals surface area contributed by atoms with E-state index in [1.54, 1.807) is 16.6 Å². The number of aromatic nitrogens is 4. The van der Waals surface area contributed by atoms with Crippen LogP contribution in [0.3, 0.4) is 0 Å². The van der Waals surface area contributed by atoms with E-state index in [-0.39, 0.29) is 17.3 Å². The van der Waals surface area contributed by atoms with Crippen LogP contribution >= 0.6 is 11.3 Å². The number of halogens is 1. The van der Waals surface area contributed by atoms with E-state index >= 15 is 0 Å². The normalized spacial score (nSPS) is 15.8. The van der Waals surface area contributed by atoms with Gasteiger partial charge in [0.25, 0.3) is 0 Å². The van der Waals surface area contributed by atoms with Crippen molar-refractivity contribution in [1.82, 2.24) is 19.6 Å². The van der Waals surface area contributed by atoms with Crippen LogP contribution in [0.25, 0.3) is 16.9 Å². The lowest BCUT2D eigenvalue weighted by Crippen LogP contribution is -2.40. The molecule has 0 spiro atoms. The summed E-state index contributed by atoms with van der Waals surface area (Å²) in [6.07, 6.45) is 0.738. The predicted octanol–water partition coefficient (Wildman–Crippen LogP) is 3.40. The van der Waals surface area contributed by atoms with E-state index in [4.69, 9.17) is 5.10 Å². The Morgan fingerprint density at radius 1 is 1.09 bits per heavy atom. The molecule has 0 aliphatic carbocycles. The number of aryl methyl sites for hydroxylation is 1. The Morgan fingerprint density at radius 2 is 1.85 bits per heavy atom. The van der Waals surface area contributed by atoms with Crippen molar-refractivity contribution in [3.05, 3.63) is 58.3 Å². The molecular weight excluding hydrogens is 463 g/mol. The maximum absolute atomic E-state index is 13.2. The summed E-state index contributed by atoms with van der Waals surface area (Å²) < 4.78 is 38.5. The zero-order chi connectivity index (χ0) is 23.0. The molecule has 1 aliphatic rings. The van der Waals surface area contributed by atoms with Crippen molar-refractivity contribution in [2.45, 2.75) is 19.9 Å². The molecule has 1 aliphatic heterocycles. The average Bonchev–Trinajstić information content (AvgIpc) is 3.42. The first-order valence-corrected chi connectivity index (χ1v) is 13.4. The van der Waals surface area contributed by atoms with Crippen molar-refractivity contribution in [3.8, 4) is 11.3 Å². The molecule has 1 fully saturated rings. The van der Waals surface area contributed by atoms with E-state index in [9.17, 15) is 12.8 Å². The van der Waals surface area contributed by atoms with Gasteiger partial charge >= 0.3 is 0 Å². The number of sulfone groups is 1. The highest BCUT2D eigenvalue weighted by molar-refractivity contribution is 7.91. The molecule has 0 saturated carbocycles. The van der Waals surface area contributed by atoms with Gasteiger partial charge in [-0.1, -0.05) is 6.92 Å². The summed E-state index contributed by atoms with van der Waals surface area (Å²) in [7, 11) is -2.96. The van der Waals surface area contributed by atoms with Crippen molar-refractivity contribution in [2.75, 3.05) is 34.8 Å². The fourth-order valence-electron chi connectivity index (χ4n) is 3.81. The summed E-state index contributed by atoms with van der Waals surface area (Å²) in [6, 6.07) is 10.1. The van der Waals surface area contributed by atoms with Crippen LogP contribution in [0, 0.1) is 5.82 Å². The minimum atomic E-state index is -2.96. The van der Waals surface area contributed by atoms with Gasteiger partial charge in [0, 0.05) is 24.0 Å². The Morgan fingerprint density at radius 3 is 2.58 bits per heavy atom. The lowest BCUT2D eigenvalue weighted by Gasteiger charge is -2.27. The number of fused-ring (bicyclic) bond motifs is 1. The topological polar surface area (TPSA) is 92.5 Å². The minimum Gasteiger partial charge on any atom is -0.362 e. The third-order valence-electron chi connectivity index (χ3n) is 5.64. The second kappa shape index (κ2) is 8.71. The van der Waals surface area contributed by atoms with Crippen molar-refractivity contribution < 1.29 is 12.8 Å². The summed E-state index contributed by atoms with van der Waals surface area (Å²) in [5, 5.41) is 11.0. The molecule has 8 nitrogen and oxygen atoms in total. The van der Waals surface area contributed by atoms with E-state index in [0.717, 1.165) is 45.7 Å². The lowest BCUT2D eigenvalue weighted by atomic mass is 10.2. The molecule has 3 aromatic heterocycles. The van der Waals surface area contributed by atoms with Gasteiger partial charge in [-0.3, -0.25) is 0 Å². The quantitative estimate of drug-likeness (QED) is 0.447. The van der Waals surface area contributed by atoms with Gasteiger partial charge in [0.2, 0.25) is 0 Å². The van der Waals surface area contributed by atoms with Gasteiger partial charge < -0.3 is 10.2 Å². The third kappa shape index (κ3) is 4.55. The molecule has 1 saturated heterocycles. The highest BCUT2D eigenvalue weighted by Crippen LogP contribution is 2.25. The van der Waals surface area contributed by atoms with Crippen molar-refractivity contribution in [3.63, 3.8) is 0 Å². The molecule has 1 N–H and O–H groups in total. The van der Waals surface area contributed by atoms with Gasteiger partial charge in [0.15, 0.2) is 21.3 Å². The summed E-state index contributed by atoms with van der Waals surface area (Å²) in [5.74, 6) is 1.55. The smallest absolute Gasteiger partial charge is 0.156 e. The van der Waals surface area contributed by atoms with Crippen molar-refractivity contribution in [2.24, 2.45) is 0 Å². The van der Waals surface area contributed by atoms with E-state index in [1.165, 1.54) is 23.5 Å². The van der Waals surface area contributed by atoms with Crippen LogP contribution < -0.4 is 10.2 Å². The number of anilines is 2. The summed E-state index contributed by atoms with van der Waals surface area (Å²) in [4.78, 5) is 11.3. The van der Waals surface area contributed by atoms with Gasteiger partial charge in [0.05, 0.1) is 29.4 Å². The Hall–Kier alpha value is -3.05. The van der Waals surface area contributed by atoms with Gasteiger partial charge in [-0.05, 0) is 42.8 Å². The number of hydrogen-bond donors (Lipinski definition) is 1. The van der Waals surface area contributed by atoms with Gasteiger partial charge in [-0.15, -0.1) is 16.4 Å². The third-order valence-corrected chi connectivity index (χ3v) is 8.10. The number of hydrogen-bond acceptors (Lipinski definition) is 8. The molecule has 4 heterocycles. The molecule has 0 unspecified atom stereocenters. The first-order valence-electron chi connectivity index (χ1n) is 10.7. The molecule has 1 aromatic carbocycles. The fourth-order valence-corrected chi connectivity index (χ4v) is 5.75. The molecule has 0 atom stereocenters. The molecule has 0 amide bonds. The summed E-state index contributed by atoms with van der Waals surface area (Å²) >= 11 is 1.53. The molecule has 0 radical (unpaired) electrons. The number of thiazole rings is 1. The largest absolute Gasteiger partial charge is 0.362 e. The lowest BCUT2D eigenvalue weighted by molar-refractivity contribution is 0.586. The number of benzene rings is 1. The summed E-state index contributed by atoms with van der Waals surface area (Å²) in [6.45, 7) is 3.41. The SMILES string of the molecule is CCc1nc2ccc(N3CCS(=O)(=O)CC3)nn2c1NCc1nc(-c2ccc(F)cc2)cs1. The van der Waals surface area contributed by atoms with Gasteiger partial charge in [-0.25, -0.2) is 22.8 Å². The van der Waals surface area contributed by atoms with Crippen LogP contribution in [0.2, 0.25) is 0 Å². The van der Waals surface area contributed by atoms with Crippen LogP contribution in [0.1, 0.15) is 17.6 Å². The first kappa shape index (κ1) is 21.8. The van der Waals surface area contributed by atoms with Crippen LogP contribution in [0.5, 0.6) is 0 Å². The van der Waals surface area contributed by atoms with E-state index in [0.29, 0.717) is 19.6 Å². The van der Waals surface area contributed by atoms with Crippen LogP contribution in [0.4, 0.5) is 16.0 Å². The Bertz CT molecular complexity index is 1380. The highest BCUT2D eigenvalue weighted by Gasteiger charge is 2.23. The number of nitrogens with one attached hydrogen (secondary N) is 1. The predicted molar refractivity (Wildman–Crippen MR) is 128 cm³/mol. The molecular formula is C22H23FN6O2S2. The van der Waals surface area contributed by atoms with Crippen molar-refractivity contribution >= 4 is 38.5 Å². The first-order chi connectivity index (χ1) is 15.9. The van der Waals surface area contributed by atoms with Gasteiger partial charge in [-0.2, -0.15) is 4.52 Å². The molecule has 11 heteroatoms. The Kier molecular flexibility index (Phi) is 5.75. The standard InChI is InChI=1S/C22H23FN6O2S2/c1-2-17-22(24-13-21-26-18(14-32-21)15-3-5-16(23)6-4-15)29-19(25-17)7-8-20(27-29)28-9-11-33(30,31)12-10-28/h3-8,14,24H,2,9-13H2,1H3. The molecule has 172 valence electrons. The molecule has 33 heavy (non-hydrogen) atoms. The van der Waals surface area contributed by atoms with Crippen LogP contribution in [0.15, 0.2) is 41.8 Å². The average molecular weight is 487 g/mol. The number of rotatable bonds is 6. The van der Waals surface area contributed by atoms with E-state index in [1.807, 2.05) is 29.3 Å². The maximum Gasteiger partial charge on any atom is 0.156 e. The number of nitrogens with zero attached hydrogens (tertiary/aromatic N) is 5.